The monoisotopic (exact) mass is 428 g/mol. The van der Waals surface area contributed by atoms with E-state index in [0.29, 0.717) is 32.7 Å². The highest BCUT2D eigenvalue weighted by Crippen LogP contribution is 2.28. The van der Waals surface area contributed by atoms with Gasteiger partial charge in [-0.15, -0.1) is 0 Å². The molecule has 2 N–H and O–H groups in total. The lowest BCUT2D eigenvalue weighted by molar-refractivity contribution is -0.115. The van der Waals surface area contributed by atoms with Gasteiger partial charge in [0.05, 0.1) is 29.3 Å². The second kappa shape index (κ2) is 9.45. The molecule has 5 nitrogen and oxygen atoms in total. The number of methoxy groups -OCH3 is 1. The fourth-order valence-corrected chi connectivity index (χ4v) is 3.00. The first-order chi connectivity index (χ1) is 14.0. The van der Waals surface area contributed by atoms with Crippen LogP contribution in [0.25, 0.3) is 0 Å². The Labute approximate surface area is 178 Å². The second-order valence-electron chi connectivity index (χ2n) is 6.21. The Bertz CT molecular complexity index is 1040. The number of carbonyl (C=O) groups excluding carboxylic acids is 2. The van der Waals surface area contributed by atoms with Crippen LogP contribution in [0.15, 0.2) is 66.7 Å². The summed E-state index contributed by atoms with van der Waals surface area (Å²) in [4.78, 5) is 25.0. The number of benzene rings is 3. The highest BCUT2D eigenvalue weighted by Gasteiger charge is 2.13. The number of ether oxygens (including phenoxy) is 1. The van der Waals surface area contributed by atoms with Gasteiger partial charge < -0.3 is 15.4 Å². The first-order valence-corrected chi connectivity index (χ1v) is 9.50. The van der Waals surface area contributed by atoms with Gasteiger partial charge in [-0.2, -0.15) is 0 Å². The number of anilines is 2. The van der Waals surface area contributed by atoms with Crippen LogP contribution in [0.3, 0.4) is 0 Å². The zero-order chi connectivity index (χ0) is 20.8. The molecule has 0 saturated heterocycles. The van der Waals surface area contributed by atoms with Gasteiger partial charge in [-0.1, -0.05) is 53.5 Å². The summed E-state index contributed by atoms with van der Waals surface area (Å²) in [5.74, 6) is -0.112. The molecule has 0 heterocycles. The van der Waals surface area contributed by atoms with Crippen molar-refractivity contribution in [2.24, 2.45) is 0 Å². The van der Waals surface area contributed by atoms with Crippen LogP contribution < -0.4 is 15.4 Å². The first kappa shape index (κ1) is 20.7. The standard InChI is InChI=1S/C22H18Cl2N2O3/c1-29-20-10-7-15(22(28)25-16-8-9-17(23)18(24)13-16)12-19(20)26-21(27)11-14-5-3-2-4-6-14/h2-10,12-13H,11H2,1H3,(H,25,28)(H,26,27). The quantitative estimate of drug-likeness (QED) is 0.549. The molecule has 0 aromatic heterocycles. The molecule has 3 aromatic rings. The van der Waals surface area contributed by atoms with E-state index in [9.17, 15) is 9.59 Å². The maximum Gasteiger partial charge on any atom is 0.255 e. The molecule has 0 atom stereocenters. The second-order valence-corrected chi connectivity index (χ2v) is 7.02. The fourth-order valence-electron chi connectivity index (χ4n) is 2.70. The van der Waals surface area contributed by atoms with Crippen molar-refractivity contribution in [1.82, 2.24) is 0 Å². The van der Waals surface area contributed by atoms with Crippen LogP contribution in [0.2, 0.25) is 10.0 Å². The van der Waals surface area contributed by atoms with Crippen LogP contribution in [-0.4, -0.2) is 18.9 Å². The Balaban J connectivity index is 1.76. The van der Waals surface area contributed by atoms with Crippen molar-refractivity contribution >= 4 is 46.4 Å². The molecular formula is C22H18Cl2N2O3. The van der Waals surface area contributed by atoms with Crippen LogP contribution in [-0.2, 0) is 11.2 Å². The topological polar surface area (TPSA) is 67.4 Å². The van der Waals surface area contributed by atoms with Gasteiger partial charge in [0.15, 0.2) is 0 Å². The molecule has 0 spiro atoms. The summed E-state index contributed by atoms with van der Waals surface area (Å²) in [6.45, 7) is 0. The molecule has 0 saturated carbocycles. The zero-order valence-electron chi connectivity index (χ0n) is 15.5. The highest BCUT2D eigenvalue weighted by atomic mass is 35.5. The zero-order valence-corrected chi connectivity index (χ0v) is 17.1. The summed E-state index contributed by atoms with van der Waals surface area (Å²) >= 11 is 11.9. The molecular weight excluding hydrogens is 411 g/mol. The molecule has 0 bridgehead atoms. The SMILES string of the molecule is COc1ccc(C(=O)Nc2ccc(Cl)c(Cl)c2)cc1NC(=O)Cc1ccccc1. The van der Waals surface area contributed by atoms with E-state index in [4.69, 9.17) is 27.9 Å². The maximum absolute atomic E-state index is 12.6. The van der Waals surface area contributed by atoms with Crippen molar-refractivity contribution < 1.29 is 14.3 Å². The molecule has 3 rings (SSSR count). The summed E-state index contributed by atoms with van der Waals surface area (Å²) in [7, 11) is 1.50. The number of halogens is 2. The summed E-state index contributed by atoms with van der Waals surface area (Å²) in [6.07, 6.45) is 0.212. The number of carbonyl (C=O) groups is 2. The van der Waals surface area contributed by atoms with Crippen LogP contribution in [0.5, 0.6) is 5.75 Å². The maximum atomic E-state index is 12.6. The minimum absolute atomic E-state index is 0.212. The summed E-state index contributed by atoms with van der Waals surface area (Å²) in [5, 5.41) is 6.29. The minimum atomic E-state index is -0.357. The lowest BCUT2D eigenvalue weighted by Crippen LogP contribution is -2.17. The number of rotatable bonds is 6. The summed E-state index contributed by atoms with van der Waals surface area (Å²) in [6, 6.07) is 19.0. The minimum Gasteiger partial charge on any atom is -0.495 e. The molecule has 2 amide bonds. The first-order valence-electron chi connectivity index (χ1n) is 8.74. The van der Waals surface area contributed by atoms with Gasteiger partial charge in [0.25, 0.3) is 5.91 Å². The number of nitrogens with one attached hydrogen (secondary N) is 2. The smallest absolute Gasteiger partial charge is 0.255 e. The number of amides is 2. The molecule has 7 heteroatoms. The third-order valence-corrected chi connectivity index (χ3v) is 4.86. The Hall–Kier alpha value is -3.02. The van der Waals surface area contributed by atoms with Gasteiger partial charge in [0.1, 0.15) is 5.75 Å². The van der Waals surface area contributed by atoms with E-state index >= 15 is 0 Å². The molecule has 3 aromatic carbocycles. The average Bonchev–Trinajstić information content (AvgIpc) is 2.71. The Kier molecular flexibility index (Phi) is 6.75. The normalized spacial score (nSPS) is 10.3. The van der Waals surface area contributed by atoms with E-state index in [-0.39, 0.29) is 18.2 Å². The number of hydrogen-bond donors (Lipinski definition) is 2. The van der Waals surface area contributed by atoms with Crippen molar-refractivity contribution in [1.29, 1.82) is 0 Å². The van der Waals surface area contributed by atoms with Gasteiger partial charge in [-0.25, -0.2) is 0 Å². The van der Waals surface area contributed by atoms with E-state index in [0.717, 1.165) is 5.56 Å². The van der Waals surface area contributed by atoms with E-state index < -0.39 is 0 Å². The third kappa shape index (κ3) is 5.50. The molecule has 29 heavy (non-hydrogen) atoms. The van der Waals surface area contributed by atoms with Gasteiger partial charge in [-0.05, 0) is 42.0 Å². The van der Waals surface area contributed by atoms with Gasteiger partial charge in [0.2, 0.25) is 5.91 Å². The van der Waals surface area contributed by atoms with Crippen molar-refractivity contribution in [3.05, 3.63) is 87.9 Å². The van der Waals surface area contributed by atoms with Crippen molar-refractivity contribution in [2.75, 3.05) is 17.7 Å². The molecule has 0 fully saturated rings. The molecule has 0 aliphatic heterocycles. The molecule has 0 unspecified atom stereocenters. The van der Waals surface area contributed by atoms with Crippen LogP contribution in [0.1, 0.15) is 15.9 Å². The van der Waals surface area contributed by atoms with Gasteiger partial charge in [-0.3, -0.25) is 9.59 Å². The largest absolute Gasteiger partial charge is 0.495 e. The van der Waals surface area contributed by atoms with Crippen LogP contribution in [0, 0.1) is 0 Å². The van der Waals surface area contributed by atoms with E-state index in [2.05, 4.69) is 10.6 Å². The molecule has 0 aliphatic carbocycles. The molecule has 148 valence electrons. The van der Waals surface area contributed by atoms with Crippen molar-refractivity contribution in [3.8, 4) is 5.75 Å². The molecule has 0 aliphatic rings. The lowest BCUT2D eigenvalue weighted by Gasteiger charge is -2.13. The van der Waals surface area contributed by atoms with Gasteiger partial charge >= 0.3 is 0 Å². The van der Waals surface area contributed by atoms with Crippen LogP contribution >= 0.6 is 23.2 Å². The van der Waals surface area contributed by atoms with Gasteiger partial charge in [0, 0.05) is 11.3 Å². The third-order valence-electron chi connectivity index (χ3n) is 4.12. The highest BCUT2D eigenvalue weighted by molar-refractivity contribution is 6.42. The predicted molar refractivity (Wildman–Crippen MR) is 116 cm³/mol. The average molecular weight is 429 g/mol. The lowest BCUT2D eigenvalue weighted by atomic mass is 10.1. The predicted octanol–water partition coefficient (Wildman–Crippen LogP) is 5.44. The Morgan fingerprint density at radius 1 is 0.897 bits per heavy atom. The van der Waals surface area contributed by atoms with E-state index in [1.54, 1.807) is 36.4 Å². The van der Waals surface area contributed by atoms with Crippen molar-refractivity contribution in [3.63, 3.8) is 0 Å². The van der Waals surface area contributed by atoms with Crippen LogP contribution in [0.4, 0.5) is 11.4 Å². The number of hydrogen-bond acceptors (Lipinski definition) is 3. The molecule has 0 radical (unpaired) electrons. The van der Waals surface area contributed by atoms with E-state index in [1.165, 1.54) is 7.11 Å². The Morgan fingerprint density at radius 2 is 1.66 bits per heavy atom. The Morgan fingerprint density at radius 3 is 2.34 bits per heavy atom. The fraction of sp³-hybridized carbons (Fsp3) is 0.0909. The summed E-state index contributed by atoms with van der Waals surface area (Å²) in [5.41, 5.74) is 2.16. The summed E-state index contributed by atoms with van der Waals surface area (Å²) < 4.78 is 5.30. The van der Waals surface area contributed by atoms with E-state index in [1.807, 2.05) is 30.3 Å². The van der Waals surface area contributed by atoms with Crippen molar-refractivity contribution in [2.45, 2.75) is 6.42 Å².